The highest BCUT2D eigenvalue weighted by Crippen LogP contribution is 2.68. The third-order valence-electron chi connectivity index (χ3n) is 18.7. The molecule has 10 nitrogen and oxygen atoms in total. The summed E-state index contributed by atoms with van der Waals surface area (Å²) in [6.07, 6.45) is 8.51. The first kappa shape index (κ1) is 38.9. The van der Waals surface area contributed by atoms with Crippen LogP contribution in [0.25, 0.3) is 16.6 Å². The fraction of sp³-hybridized carbons (Fsp3) is 0.418. The minimum Gasteiger partial charge on any atom is -0.369 e. The van der Waals surface area contributed by atoms with Crippen molar-refractivity contribution in [3.05, 3.63) is 148 Å². The van der Waals surface area contributed by atoms with Crippen LogP contribution in [0.3, 0.4) is 0 Å². The number of nitrogens with zero attached hydrogens (tertiary/aromatic N) is 5. The van der Waals surface area contributed by atoms with Gasteiger partial charge < -0.3 is 31.2 Å². The van der Waals surface area contributed by atoms with Gasteiger partial charge in [-0.25, -0.2) is 0 Å². The molecule has 8 aliphatic heterocycles. The second-order valence-electron chi connectivity index (χ2n) is 21.1. The predicted molar refractivity (Wildman–Crippen MR) is 264 cm³/mol. The average Bonchev–Trinajstić information content (AvgIpc) is 4.22. The molecule has 0 unspecified atom stereocenters. The van der Waals surface area contributed by atoms with E-state index >= 15 is 0 Å². The first-order valence-electron chi connectivity index (χ1n) is 24.4. The zero-order valence-corrected chi connectivity index (χ0v) is 38.5. The molecule has 0 radical (unpaired) electrons. The average molecular weight is 863 g/mol. The van der Waals surface area contributed by atoms with Crippen molar-refractivity contribution in [1.82, 2.24) is 29.5 Å². The monoisotopic (exact) mass is 863 g/mol. The maximum atomic E-state index is 4.40. The van der Waals surface area contributed by atoms with Gasteiger partial charge in [0.25, 0.3) is 0 Å². The van der Waals surface area contributed by atoms with Crippen molar-refractivity contribution < 1.29 is 0 Å². The molecule has 332 valence electrons. The van der Waals surface area contributed by atoms with Gasteiger partial charge in [0.15, 0.2) is 0 Å². The van der Waals surface area contributed by atoms with Crippen molar-refractivity contribution in [2.75, 3.05) is 89.2 Å². The normalized spacial score (nSPS) is 32.9. The first-order valence-corrected chi connectivity index (χ1v) is 24.4. The summed E-state index contributed by atoms with van der Waals surface area (Å²) < 4.78 is 2.46. The van der Waals surface area contributed by atoms with Gasteiger partial charge in [-0.15, -0.1) is 0 Å². The van der Waals surface area contributed by atoms with Crippen LogP contribution >= 0.6 is 0 Å². The second kappa shape index (κ2) is 13.4. The Morgan fingerprint density at radius 3 is 1.94 bits per heavy atom. The van der Waals surface area contributed by atoms with Crippen LogP contribution in [0.15, 0.2) is 109 Å². The number of likely N-dealkylation sites (tertiary alicyclic amines) is 4. The number of anilines is 4. The van der Waals surface area contributed by atoms with E-state index in [9.17, 15) is 0 Å². The van der Waals surface area contributed by atoms with E-state index in [0.717, 1.165) is 64.8 Å². The molecule has 14 rings (SSSR count). The lowest BCUT2D eigenvalue weighted by molar-refractivity contribution is 0.147. The maximum absolute atomic E-state index is 4.40. The summed E-state index contributed by atoms with van der Waals surface area (Å²) >= 11 is 0. The molecule has 4 saturated heterocycles. The van der Waals surface area contributed by atoms with Crippen molar-refractivity contribution in [3.63, 3.8) is 0 Å². The van der Waals surface area contributed by atoms with Gasteiger partial charge in [-0.05, 0) is 137 Å². The molecule has 9 heterocycles. The SMILES string of the molecule is CNCCc1cn(-c2cccc3c2N[C@H]2N(C)CC[C@@]32c2ccc3c(c2)[C@]2([C@]45CCN(C)[C@H]4Nc4c([C@@]67CCN(C)[C@@H]6Nc6ccccc67)cccc45)CCN(C)[C@@H]2N3)c2ccccc12. The third-order valence-corrected chi connectivity index (χ3v) is 18.7. The number of benzene rings is 5. The van der Waals surface area contributed by atoms with E-state index < -0.39 is 0 Å². The number of fused-ring (bicyclic) bond motifs is 14. The number of rotatable bonds is 7. The zero-order chi connectivity index (χ0) is 43.6. The largest absolute Gasteiger partial charge is 0.369 e. The Morgan fingerprint density at radius 2 is 1.12 bits per heavy atom. The van der Waals surface area contributed by atoms with E-state index in [1.165, 1.54) is 78.3 Å². The molecular formula is C55H62N10. The van der Waals surface area contributed by atoms with Crippen molar-refractivity contribution in [3.8, 4) is 5.69 Å². The minimum atomic E-state index is -0.203. The van der Waals surface area contributed by atoms with Crippen molar-refractivity contribution in [2.45, 2.75) is 78.4 Å². The van der Waals surface area contributed by atoms with Gasteiger partial charge in [0, 0.05) is 65.7 Å². The second-order valence-corrected chi connectivity index (χ2v) is 21.1. The number of nitrogens with one attached hydrogen (secondary N) is 5. The fourth-order valence-electron chi connectivity index (χ4n) is 15.8. The highest BCUT2D eigenvalue weighted by molar-refractivity contribution is 5.88. The smallest absolute Gasteiger partial charge is 0.0933 e. The highest BCUT2D eigenvalue weighted by Gasteiger charge is 2.72. The lowest BCUT2D eigenvalue weighted by Gasteiger charge is -2.48. The quantitative estimate of drug-likeness (QED) is 0.112. The molecule has 0 spiro atoms. The summed E-state index contributed by atoms with van der Waals surface area (Å²) in [5.41, 5.74) is 17.3. The molecule has 4 fully saturated rings. The van der Waals surface area contributed by atoms with Crippen molar-refractivity contribution >= 4 is 33.7 Å². The van der Waals surface area contributed by atoms with Crippen LogP contribution in [0.4, 0.5) is 22.7 Å². The predicted octanol–water partition coefficient (Wildman–Crippen LogP) is 7.49. The molecule has 6 aromatic rings. The minimum absolute atomic E-state index is 0.129. The van der Waals surface area contributed by atoms with Gasteiger partial charge in [0.2, 0.25) is 0 Å². The summed E-state index contributed by atoms with van der Waals surface area (Å²) in [5.74, 6) is 0. The van der Waals surface area contributed by atoms with Crippen LogP contribution in [-0.4, -0.2) is 117 Å². The first-order chi connectivity index (χ1) is 31.8. The Kier molecular flexibility index (Phi) is 8.00. The highest BCUT2D eigenvalue weighted by atomic mass is 15.4. The topological polar surface area (TPSA) is 78.0 Å². The van der Waals surface area contributed by atoms with Gasteiger partial charge in [-0.3, -0.25) is 19.6 Å². The van der Waals surface area contributed by atoms with Gasteiger partial charge in [-0.1, -0.05) is 78.9 Å². The number of hydrogen-bond acceptors (Lipinski definition) is 9. The van der Waals surface area contributed by atoms with E-state index in [1.807, 2.05) is 7.05 Å². The summed E-state index contributed by atoms with van der Waals surface area (Å²) in [6, 6.07) is 40.3. The molecule has 1 aromatic heterocycles. The van der Waals surface area contributed by atoms with E-state index in [4.69, 9.17) is 0 Å². The maximum Gasteiger partial charge on any atom is 0.0933 e. The number of para-hydroxylation sites is 4. The molecule has 0 saturated carbocycles. The molecule has 10 heteroatoms. The van der Waals surface area contributed by atoms with Crippen molar-refractivity contribution in [2.24, 2.45) is 0 Å². The molecule has 5 aromatic carbocycles. The standard InChI is InChI=1S/C55H62N10/c1-56-27-22-34-33-65(44-18-9-6-12-36(34)44)45-19-11-15-39-47(45)60-48-52(39,23-28-61(48)2)35-20-21-43-41(32-35)55(26-31-63(4)50(55)58-43)54-25-30-64(5)51(54)59-46-38(14-10-16-40(46)54)53-24-29-62(3)49(53)57-42-17-8-7-13-37(42)53/h6-21,32-33,48-51,56-60H,22-31H2,1-5H3/t48-,49-,50-,51+,52+,53-,54-,55+/m0/s1. The molecule has 65 heavy (non-hydrogen) atoms. The Morgan fingerprint density at radius 1 is 0.538 bits per heavy atom. The summed E-state index contributed by atoms with van der Waals surface area (Å²) in [4.78, 5) is 10.4. The Balaban J connectivity index is 0.947. The number of hydrogen-bond donors (Lipinski definition) is 5. The van der Waals surface area contributed by atoms with Crippen LogP contribution in [-0.2, 0) is 28.1 Å². The molecule has 0 bridgehead atoms. The zero-order valence-electron chi connectivity index (χ0n) is 38.5. The molecule has 8 aliphatic rings. The van der Waals surface area contributed by atoms with Crippen LogP contribution in [0.2, 0.25) is 0 Å². The van der Waals surface area contributed by atoms with Crippen LogP contribution < -0.4 is 26.6 Å². The fourth-order valence-corrected chi connectivity index (χ4v) is 15.8. The lowest BCUT2D eigenvalue weighted by Crippen LogP contribution is -2.60. The third kappa shape index (κ3) is 4.58. The van der Waals surface area contributed by atoms with E-state index in [1.54, 1.807) is 0 Å². The Bertz CT molecular complexity index is 2960. The van der Waals surface area contributed by atoms with Gasteiger partial charge in [0.1, 0.15) is 0 Å². The van der Waals surface area contributed by atoms with E-state index in [-0.39, 0.29) is 46.3 Å². The van der Waals surface area contributed by atoms with Gasteiger partial charge >= 0.3 is 0 Å². The van der Waals surface area contributed by atoms with Crippen LogP contribution in [0.5, 0.6) is 0 Å². The van der Waals surface area contributed by atoms with E-state index in [0.29, 0.717) is 0 Å². The molecule has 8 atom stereocenters. The number of aromatic nitrogens is 1. The van der Waals surface area contributed by atoms with Crippen LogP contribution in [0, 0.1) is 0 Å². The Hall–Kier alpha value is -5.36. The molecule has 0 amide bonds. The summed E-state index contributed by atoms with van der Waals surface area (Å²) in [5, 5.41) is 21.6. The molecular weight excluding hydrogens is 801 g/mol. The summed E-state index contributed by atoms with van der Waals surface area (Å²) in [6.45, 7) is 5.19. The van der Waals surface area contributed by atoms with Gasteiger partial charge in [-0.2, -0.15) is 0 Å². The lowest BCUT2D eigenvalue weighted by atomic mass is 9.54. The van der Waals surface area contributed by atoms with Crippen molar-refractivity contribution in [1.29, 1.82) is 0 Å². The van der Waals surface area contributed by atoms with E-state index in [2.05, 4.69) is 188 Å². The van der Waals surface area contributed by atoms with Gasteiger partial charge in [0.05, 0.1) is 52.4 Å². The molecule has 5 N–H and O–H groups in total. The summed E-state index contributed by atoms with van der Waals surface area (Å²) in [7, 11) is 11.4. The van der Waals surface area contributed by atoms with Crippen LogP contribution in [0.1, 0.15) is 64.6 Å². The molecule has 0 aliphatic carbocycles. The Labute approximate surface area is 383 Å². The number of likely N-dealkylation sites (N-methyl/N-ethyl adjacent to an activating group) is 5.